The van der Waals surface area contributed by atoms with Gasteiger partial charge in [0, 0.05) is 17.7 Å². The van der Waals surface area contributed by atoms with E-state index in [1.165, 1.54) is 14.2 Å². The number of fused-ring (bicyclic) bond motifs is 1. The van der Waals surface area contributed by atoms with Crippen molar-refractivity contribution in [1.82, 2.24) is 9.97 Å². The summed E-state index contributed by atoms with van der Waals surface area (Å²) >= 11 is 5.36. The summed E-state index contributed by atoms with van der Waals surface area (Å²) in [6, 6.07) is 7.07. The Morgan fingerprint density at radius 3 is 2.38 bits per heavy atom. The molecule has 8 heteroatoms. The van der Waals surface area contributed by atoms with E-state index in [9.17, 15) is 9.59 Å². The lowest BCUT2D eigenvalue weighted by Crippen LogP contribution is -2.11. The number of methoxy groups -OCH3 is 2. The molecule has 0 saturated carbocycles. The molecule has 1 aromatic heterocycles. The Hall–Kier alpha value is -3.06. The number of aryl methyl sites for hydroxylation is 2. The lowest BCUT2D eigenvalue weighted by molar-refractivity contribution is -0.112. The van der Waals surface area contributed by atoms with Crippen LogP contribution in [0.5, 0.6) is 17.2 Å². The molecule has 1 heterocycles. The molecule has 0 unspecified atom stereocenters. The van der Waals surface area contributed by atoms with Gasteiger partial charge in [-0.1, -0.05) is 0 Å². The largest absolute Gasteiger partial charge is 0.497 e. The fourth-order valence-electron chi connectivity index (χ4n) is 3.17. The minimum atomic E-state index is -0.444. The minimum absolute atomic E-state index is 0.130. The number of carbonyl (C=O) groups is 1. The SMILES string of the molecule is COc1cc(OC)c2c(=O)[nH]c(-c3cc(C)c(OCCC(=O)Cl)c(C)c3)nc2c1. The van der Waals surface area contributed by atoms with Gasteiger partial charge in [0.1, 0.15) is 28.5 Å². The lowest BCUT2D eigenvalue weighted by atomic mass is 10.0. The predicted molar refractivity (Wildman–Crippen MR) is 111 cm³/mol. The molecule has 0 amide bonds. The highest BCUT2D eigenvalue weighted by molar-refractivity contribution is 6.63. The van der Waals surface area contributed by atoms with Crippen LogP contribution in [-0.2, 0) is 4.79 Å². The maximum absolute atomic E-state index is 12.7. The molecule has 3 aromatic rings. The maximum atomic E-state index is 12.7. The van der Waals surface area contributed by atoms with Crippen LogP contribution in [0.25, 0.3) is 22.3 Å². The van der Waals surface area contributed by atoms with Crippen LogP contribution in [0.2, 0.25) is 0 Å². The summed E-state index contributed by atoms with van der Waals surface area (Å²) < 4.78 is 16.3. The third kappa shape index (κ3) is 4.35. The number of aromatic amines is 1. The number of nitrogens with zero attached hydrogens (tertiary/aromatic N) is 1. The number of H-pyrrole nitrogens is 1. The highest BCUT2D eigenvalue weighted by atomic mass is 35.5. The summed E-state index contributed by atoms with van der Waals surface area (Å²) in [5, 5.41) is -0.0862. The number of hydrogen-bond acceptors (Lipinski definition) is 6. The molecule has 0 aliphatic heterocycles. The summed E-state index contributed by atoms with van der Waals surface area (Å²) in [6.45, 7) is 3.98. The molecule has 0 saturated heterocycles. The summed E-state index contributed by atoms with van der Waals surface area (Å²) in [7, 11) is 3.03. The number of aromatic nitrogens is 2. The predicted octanol–water partition coefficient (Wildman–Crippen LogP) is 3.76. The van der Waals surface area contributed by atoms with Crippen LogP contribution in [0, 0.1) is 13.8 Å². The van der Waals surface area contributed by atoms with E-state index >= 15 is 0 Å². The van der Waals surface area contributed by atoms with Gasteiger partial charge >= 0.3 is 0 Å². The Balaban J connectivity index is 2.06. The van der Waals surface area contributed by atoms with Crippen molar-refractivity contribution in [2.45, 2.75) is 20.3 Å². The van der Waals surface area contributed by atoms with E-state index < -0.39 is 5.24 Å². The molecule has 0 radical (unpaired) electrons. The highest BCUT2D eigenvalue weighted by Crippen LogP contribution is 2.31. The Kier molecular flexibility index (Phi) is 6.08. The molecule has 0 fully saturated rings. The molecule has 3 rings (SSSR count). The molecular weight excluding hydrogens is 396 g/mol. The van der Waals surface area contributed by atoms with E-state index in [-0.39, 0.29) is 18.6 Å². The van der Waals surface area contributed by atoms with Crippen molar-refractivity contribution >= 4 is 27.7 Å². The van der Waals surface area contributed by atoms with Crippen molar-refractivity contribution in [3.05, 3.63) is 45.7 Å². The number of benzene rings is 2. The van der Waals surface area contributed by atoms with Crippen molar-refractivity contribution in [3.8, 4) is 28.6 Å². The van der Waals surface area contributed by atoms with Gasteiger partial charge in [-0.05, 0) is 48.7 Å². The molecule has 0 atom stereocenters. The zero-order chi connectivity index (χ0) is 21.1. The summed E-state index contributed by atoms with van der Waals surface area (Å²) in [6.07, 6.45) is 0.130. The fraction of sp³-hybridized carbons (Fsp3) is 0.286. The molecule has 29 heavy (non-hydrogen) atoms. The van der Waals surface area contributed by atoms with Crippen molar-refractivity contribution in [3.63, 3.8) is 0 Å². The molecular formula is C21H21ClN2O5. The average molecular weight is 417 g/mol. The number of hydrogen-bond donors (Lipinski definition) is 1. The van der Waals surface area contributed by atoms with E-state index in [1.807, 2.05) is 26.0 Å². The monoisotopic (exact) mass is 416 g/mol. The van der Waals surface area contributed by atoms with Crippen LogP contribution in [0.3, 0.4) is 0 Å². The van der Waals surface area contributed by atoms with Crippen LogP contribution in [0.4, 0.5) is 0 Å². The number of rotatable bonds is 7. The highest BCUT2D eigenvalue weighted by Gasteiger charge is 2.15. The molecule has 2 aromatic carbocycles. The van der Waals surface area contributed by atoms with E-state index in [1.54, 1.807) is 12.1 Å². The van der Waals surface area contributed by atoms with Gasteiger partial charge in [-0.3, -0.25) is 9.59 Å². The molecule has 0 aliphatic carbocycles. The average Bonchev–Trinajstić information content (AvgIpc) is 2.68. The van der Waals surface area contributed by atoms with Gasteiger partial charge in [0.25, 0.3) is 5.56 Å². The van der Waals surface area contributed by atoms with E-state index in [0.717, 1.165) is 16.7 Å². The Morgan fingerprint density at radius 1 is 1.10 bits per heavy atom. The first-order valence-electron chi connectivity index (χ1n) is 8.92. The normalized spacial score (nSPS) is 10.8. The maximum Gasteiger partial charge on any atom is 0.262 e. The van der Waals surface area contributed by atoms with Crippen LogP contribution in [0.1, 0.15) is 17.5 Å². The third-order valence-corrected chi connectivity index (χ3v) is 4.67. The van der Waals surface area contributed by atoms with Crippen LogP contribution >= 0.6 is 11.6 Å². The first kappa shape index (κ1) is 20.7. The third-order valence-electron chi connectivity index (χ3n) is 4.48. The van der Waals surface area contributed by atoms with E-state index in [2.05, 4.69) is 9.97 Å². The van der Waals surface area contributed by atoms with Crippen molar-refractivity contribution in [2.24, 2.45) is 0 Å². The fourth-order valence-corrected chi connectivity index (χ4v) is 3.25. The molecule has 0 bridgehead atoms. The molecule has 0 spiro atoms. The summed E-state index contributed by atoms with van der Waals surface area (Å²) in [5.41, 5.74) is 2.61. The lowest BCUT2D eigenvalue weighted by Gasteiger charge is -2.14. The number of carbonyl (C=O) groups excluding carboxylic acids is 1. The van der Waals surface area contributed by atoms with Gasteiger partial charge < -0.3 is 19.2 Å². The van der Waals surface area contributed by atoms with Crippen LogP contribution in [-0.4, -0.2) is 36.0 Å². The summed E-state index contributed by atoms with van der Waals surface area (Å²) in [4.78, 5) is 31.0. The number of nitrogens with one attached hydrogen (secondary N) is 1. The van der Waals surface area contributed by atoms with Crippen molar-refractivity contribution in [1.29, 1.82) is 0 Å². The van der Waals surface area contributed by atoms with Crippen LogP contribution in [0.15, 0.2) is 29.1 Å². The van der Waals surface area contributed by atoms with E-state index in [0.29, 0.717) is 34.0 Å². The van der Waals surface area contributed by atoms with Gasteiger partial charge in [-0.15, -0.1) is 0 Å². The second-order valence-electron chi connectivity index (χ2n) is 6.53. The van der Waals surface area contributed by atoms with Gasteiger partial charge in [0.15, 0.2) is 0 Å². The van der Waals surface area contributed by atoms with Gasteiger partial charge in [-0.25, -0.2) is 4.98 Å². The standard InChI is InChI=1S/C21H21ClN2O5/c1-11-7-13(8-12(2)19(11)29-6-5-17(22)25)20-23-15-9-14(27-3)10-16(28-4)18(15)21(26)24-20/h7-10H,5-6H2,1-4H3,(H,23,24,26). The molecule has 0 aliphatic rings. The van der Waals surface area contributed by atoms with E-state index in [4.69, 9.17) is 25.8 Å². The Bertz CT molecular complexity index is 1120. The first-order valence-corrected chi connectivity index (χ1v) is 9.30. The Morgan fingerprint density at radius 2 is 1.79 bits per heavy atom. The van der Waals surface area contributed by atoms with Gasteiger partial charge in [0.2, 0.25) is 5.24 Å². The zero-order valence-electron chi connectivity index (χ0n) is 16.6. The van der Waals surface area contributed by atoms with Crippen molar-refractivity contribution in [2.75, 3.05) is 20.8 Å². The minimum Gasteiger partial charge on any atom is -0.497 e. The second kappa shape index (κ2) is 8.53. The quantitative estimate of drug-likeness (QED) is 0.590. The second-order valence-corrected chi connectivity index (χ2v) is 6.95. The zero-order valence-corrected chi connectivity index (χ0v) is 17.3. The first-order chi connectivity index (χ1) is 13.8. The van der Waals surface area contributed by atoms with Gasteiger partial charge in [-0.2, -0.15) is 0 Å². The molecule has 152 valence electrons. The van der Waals surface area contributed by atoms with Crippen molar-refractivity contribution < 1.29 is 19.0 Å². The summed E-state index contributed by atoms with van der Waals surface area (Å²) in [5.74, 6) is 2.04. The number of ether oxygens (including phenoxy) is 3. The Labute approximate surface area is 172 Å². The molecule has 1 N–H and O–H groups in total. The smallest absolute Gasteiger partial charge is 0.262 e. The molecule has 7 nitrogen and oxygen atoms in total. The topological polar surface area (TPSA) is 90.5 Å². The van der Waals surface area contributed by atoms with Crippen LogP contribution < -0.4 is 19.8 Å². The number of halogens is 1. The van der Waals surface area contributed by atoms with Gasteiger partial charge in [0.05, 0.1) is 32.8 Å².